The highest BCUT2D eigenvalue weighted by Crippen LogP contribution is 2.28. The maximum atomic E-state index is 13.5. The first kappa shape index (κ1) is 18.8. The Kier molecular flexibility index (Phi) is 5.66. The summed E-state index contributed by atoms with van der Waals surface area (Å²) in [5.41, 5.74) is 5.78. The number of aryl methyl sites for hydroxylation is 1. The molecule has 1 aromatic heterocycles. The molecule has 0 fully saturated rings. The fourth-order valence-corrected chi connectivity index (χ4v) is 3.21. The Hall–Kier alpha value is -3.00. The van der Waals surface area contributed by atoms with Crippen LogP contribution in [0.4, 0.5) is 4.39 Å². The molecule has 6 nitrogen and oxygen atoms in total. The van der Waals surface area contributed by atoms with Crippen molar-refractivity contribution >= 4 is 34.5 Å². The fourth-order valence-electron chi connectivity index (χ4n) is 2.47. The molecule has 0 aliphatic carbocycles. The van der Waals surface area contributed by atoms with Crippen LogP contribution in [0, 0.1) is 12.7 Å². The number of carbonyl (C=O) groups excluding carboxylic acids is 2. The molecule has 140 valence electrons. The van der Waals surface area contributed by atoms with E-state index in [0.29, 0.717) is 21.8 Å². The summed E-state index contributed by atoms with van der Waals surface area (Å²) >= 11 is 1.04. The van der Waals surface area contributed by atoms with Gasteiger partial charge in [-0.25, -0.2) is 4.39 Å². The summed E-state index contributed by atoms with van der Waals surface area (Å²) in [5, 5.41) is 0.751. The topological polar surface area (TPSA) is 80.6 Å². The van der Waals surface area contributed by atoms with E-state index in [1.54, 1.807) is 50.4 Å². The Morgan fingerprint density at radius 2 is 1.96 bits per heavy atom. The molecule has 0 aliphatic heterocycles. The summed E-state index contributed by atoms with van der Waals surface area (Å²) in [6, 6.07) is 11.4. The number of hydrogen-bond acceptors (Lipinski definition) is 5. The Balaban J connectivity index is 1.60. The first-order chi connectivity index (χ1) is 13.0. The minimum Gasteiger partial charge on any atom is -0.497 e. The second-order valence-electron chi connectivity index (χ2n) is 5.64. The number of ether oxygens (including phenoxy) is 1. The molecule has 0 bridgehead atoms. The molecule has 3 aromatic rings. The molecular weight excluding hydrogens is 371 g/mol. The van der Waals surface area contributed by atoms with Gasteiger partial charge in [-0.05, 0) is 37.3 Å². The number of thioether (sulfide) groups is 1. The fraction of sp³-hybridized carbons (Fsp3) is 0.158. The van der Waals surface area contributed by atoms with Crippen LogP contribution in [0.5, 0.6) is 5.75 Å². The predicted molar refractivity (Wildman–Crippen MR) is 100 cm³/mol. The van der Waals surface area contributed by atoms with Crippen molar-refractivity contribution in [3.8, 4) is 5.75 Å². The second kappa shape index (κ2) is 8.13. The van der Waals surface area contributed by atoms with E-state index in [0.717, 1.165) is 17.1 Å². The molecule has 3 rings (SSSR count). The first-order valence-corrected chi connectivity index (χ1v) is 9.02. The van der Waals surface area contributed by atoms with Crippen LogP contribution in [0.15, 0.2) is 51.8 Å². The van der Waals surface area contributed by atoms with E-state index in [4.69, 9.17) is 9.15 Å². The van der Waals surface area contributed by atoms with Gasteiger partial charge in [0.25, 0.3) is 0 Å². The van der Waals surface area contributed by atoms with Gasteiger partial charge in [0, 0.05) is 15.8 Å². The summed E-state index contributed by atoms with van der Waals surface area (Å²) in [4.78, 5) is 24.6. The number of rotatable bonds is 5. The molecule has 1 heterocycles. The Morgan fingerprint density at radius 3 is 2.70 bits per heavy atom. The third-order valence-corrected chi connectivity index (χ3v) is 4.91. The minimum absolute atomic E-state index is 0.0441. The Morgan fingerprint density at radius 1 is 1.19 bits per heavy atom. The van der Waals surface area contributed by atoms with E-state index >= 15 is 0 Å². The summed E-state index contributed by atoms with van der Waals surface area (Å²) in [7, 11) is 1.55. The highest BCUT2D eigenvalue weighted by atomic mass is 32.2. The van der Waals surface area contributed by atoms with Crippen LogP contribution in [-0.4, -0.2) is 24.7 Å². The lowest BCUT2D eigenvalue weighted by Gasteiger charge is -2.06. The van der Waals surface area contributed by atoms with Crippen LogP contribution in [0.25, 0.3) is 11.0 Å². The smallest absolute Gasteiger partial charge is 0.305 e. The number of hydrogen-bond donors (Lipinski definition) is 2. The zero-order valence-electron chi connectivity index (χ0n) is 14.7. The van der Waals surface area contributed by atoms with Gasteiger partial charge < -0.3 is 9.15 Å². The number of benzene rings is 2. The van der Waals surface area contributed by atoms with Gasteiger partial charge in [0.15, 0.2) is 5.76 Å². The molecule has 0 spiro atoms. The summed E-state index contributed by atoms with van der Waals surface area (Å²) in [6.45, 7) is 1.75. The summed E-state index contributed by atoms with van der Waals surface area (Å²) < 4.78 is 24.3. The average Bonchev–Trinajstić information content (AvgIpc) is 3.01. The largest absolute Gasteiger partial charge is 0.497 e. The monoisotopic (exact) mass is 388 g/mol. The highest BCUT2D eigenvalue weighted by molar-refractivity contribution is 8.00. The maximum Gasteiger partial charge on any atom is 0.305 e. The molecule has 0 atom stereocenters. The van der Waals surface area contributed by atoms with Crippen LogP contribution in [-0.2, 0) is 4.79 Å². The SMILES string of the molecule is COc1ccc2oc(C(=O)NNC(=O)CSc3ccccc3F)c(C)c2c1. The molecular formula is C19H17FN2O4S. The Bertz CT molecular complexity index is 1000. The van der Waals surface area contributed by atoms with Crippen molar-refractivity contribution in [3.63, 3.8) is 0 Å². The molecule has 0 saturated heterocycles. The number of nitrogens with one attached hydrogen (secondary N) is 2. The standard InChI is InChI=1S/C19H17FN2O4S/c1-11-13-9-12(25-2)7-8-15(13)26-18(11)19(24)22-21-17(23)10-27-16-6-4-3-5-14(16)20/h3-9H,10H2,1-2H3,(H,21,23)(H,22,24). The van der Waals surface area contributed by atoms with E-state index in [2.05, 4.69) is 10.9 Å². The number of methoxy groups -OCH3 is 1. The normalized spacial score (nSPS) is 10.6. The van der Waals surface area contributed by atoms with E-state index < -0.39 is 17.6 Å². The lowest BCUT2D eigenvalue weighted by molar-refractivity contribution is -0.119. The number of hydrazine groups is 1. The maximum absolute atomic E-state index is 13.5. The lowest BCUT2D eigenvalue weighted by Crippen LogP contribution is -2.42. The van der Waals surface area contributed by atoms with Crippen molar-refractivity contribution in [2.75, 3.05) is 12.9 Å². The molecule has 2 amide bonds. The average molecular weight is 388 g/mol. The summed E-state index contributed by atoms with van der Waals surface area (Å²) in [5.74, 6) is -0.735. The van der Waals surface area contributed by atoms with Gasteiger partial charge in [-0.3, -0.25) is 20.4 Å². The van der Waals surface area contributed by atoms with Crippen molar-refractivity contribution in [1.82, 2.24) is 10.9 Å². The molecule has 0 saturated carbocycles. The van der Waals surface area contributed by atoms with Gasteiger partial charge in [0.05, 0.1) is 12.9 Å². The van der Waals surface area contributed by atoms with E-state index in [-0.39, 0.29) is 11.5 Å². The van der Waals surface area contributed by atoms with Gasteiger partial charge in [0.1, 0.15) is 17.1 Å². The Labute approximate surface area is 159 Å². The van der Waals surface area contributed by atoms with Crippen LogP contribution < -0.4 is 15.6 Å². The lowest BCUT2D eigenvalue weighted by atomic mass is 10.1. The van der Waals surface area contributed by atoms with Gasteiger partial charge >= 0.3 is 5.91 Å². The van der Waals surface area contributed by atoms with Crippen molar-refractivity contribution in [2.24, 2.45) is 0 Å². The number of halogens is 1. The van der Waals surface area contributed by atoms with Gasteiger partial charge in [0.2, 0.25) is 5.91 Å². The minimum atomic E-state index is -0.577. The van der Waals surface area contributed by atoms with Crippen LogP contribution >= 0.6 is 11.8 Å². The van der Waals surface area contributed by atoms with Crippen LogP contribution in [0.3, 0.4) is 0 Å². The number of carbonyl (C=O) groups is 2. The summed E-state index contributed by atoms with van der Waals surface area (Å²) in [6.07, 6.45) is 0. The van der Waals surface area contributed by atoms with Crippen LogP contribution in [0.1, 0.15) is 16.1 Å². The molecule has 27 heavy (non-hydrogen) atoms. The quantitative estimate of drug-likeness (QED) is 0.517. The predicted octanol–water partition coefficient (Wildman–Crippen LogP) is 3.44. The third-order valence-electron chi connectivity index (χ3n) is 3.86. The number of furan rings is 1. The zero-order valence-corrected chi connectivity index (χ0v) is 15.5. The third kappa shape index (κ3) is 4.22. The molecule has 0 unspecified atom stereocenters. The highest BCUT2D eigenvalue weighted by Gasteiger charge is 2.18. The molecule has 2 N–H and O–H groups in total. The van der Waals surface area contributed by atoms with Crippen LogP contribution in [0.2, 0.25) is 0 Å². The number of fused-ring (bicyclic) bond motifs is 1. The van der Waals surface area contributed by atoms with E-state index in [9.17, 15) is 14.0 Å². The molecule has 0 radical (unpaired) electrons. The van der Waals surface area contributed by atoms with Crippen molar-refractivity contribution in [1.29, 1.82) is 0 Å². The zero-order chi connectivity index (χ0) is 19.4. The molecule has 0 aliphatic rings. The van der Waals surface area contributed by atoms with Gasteiger partial charge in [-0.15, -0.1) is 11.8 Å². The van der Waals surface area contributed by atoms with Crippen molar-refractivity contribution in [3.05, 3.63) is 59.6 Å². The van der Waals surface area contributed by atoms with Crippen molar-refractivity contribution < 1.29 is 23.1 Å². The van der Waals surface area contributed by atoms with Gasteiger partial charge in [-0.1, -0.05) is 12.1 Å². The molecule has 8 heteroatoms. The number of amides is 2. The van der Waals surface area contributed by atoms with Crippen molar-refractivity contribution in [2.45, 2.75) is 11.8 Å². The van der Waals surface area contributed by atoms with Gasteiger partial charge in [-0.2, -0.15) is 0 Å². The second-order valence-corrected chi connectivity index (χ2v) is 6.66. The first-order valence-electron chi connectivity index (χ1n) is 8.03. The van der Waals surface area contributed by atoms with E-state index in [1.807, 2.05) is 0 Å². The molecule has 2 aromatic carbocycles. The van der Waals surface area contributed by atoms with E-state index in [1.165, 1.54) is 6.07 Å².